The number of imidazole rings is 1. The fraction of sp³-hybridized carbons (Fsp3) is 0.346. The van der Waals surface area contributed by atoms with Crippen LogP contribution in [-0.4, -0.2) is 65.3 Å². The monoisotopic (exact) mass is 478 g/mol. The number of fused-ring (bicyclic) bond motifs is 1. The number of methoxy groups -OCH3 is 1. The number of rotatable bonds is 9. The molecule has 4 rings (SSSR count). The summed E-state index contributed by atoms with van der Waals surface area (Å²) in [6.07, 6.45) is 1.98. The van der Waals surface area contributed by atoms with Gasteiger partial charge in [-0.2, -0.15) is 0 Å². The van der Waals surface area contributed by atoms with Crippen molar-refractivity contribution in [2.75, 3.05) is 51.9 Å². The Balaban J connectivity index is 1.62. The number of para-hydroxylation sites is 2. The normalized spacial score (nSPS) is 13.0. The maximum absolute atomic E-state index is 13.2. The van der Waals surface area contributed by atoms with Crippen LogP contribution >= 0.6 is 0 Å². The highest BCUT2D eigenvalue weighted by molar-refractivity contribution is 5.77. The average Bonchev–Trinajstić information content (AvgIpc) is 3.17. The third-order valence-corrected chi connectivity index (χ3v) is 6.03. The predicted molar refractivity (Wildman–Crippen MR) is 141 cm³/mol. The van der Waals surface area contributed by atoms with Gasteiger partial charge in [0.15, 0.2) is 0 Å². The number of nitrogens with zero attached hydrogens (tertiary/aromatic N) is 6. The number of aromatic nitrogens is 4. The summed E-state index contributed by atoms with van der Waals surface area (Å²) in [5, 5.41) is 0. The van der Waals surface area contributed by atoms with Crippen molar-refractivity contribution in [2.45, 2.75) is 19.9 Å². The van der Waals surface area contributed by atoms with Crippen molar-refractivity contribution in [1.29, 1.82) is 0 Å². The van der Waals surface area contributed by atoms with Crippen molar-refractivity contribution >= 4 is 22.4 Å². The van der Waals surface area contributed by atoms with Crippen molar-refractivity contribution in [1.82, 2.24) is 24.0 Å². The van der Waals surface area contributed by atoms with E-state index in [0.717, 1.165) is 22.3 Å². The number of anilines is 2. The van der Waals surface area contributed by atoms with Crippen molar-refractivity contribution < 1.29 is 8.85 Å². The maximum Gasteiger partial charge on any atom is 0.334 e. The van der Waals surface area contributed by atoms with Gasteiger partial charge in [0, 0.05) is 55.0 Å². The topological polar surface area (TPSA) is 94.4 Å². The molecule has 0 atom stereocenters. The Bertz CT molecular complexity index is 1500. The van der Waals surface area contributed by atoms with E-state index in [1.165, 1.54) is 4.90 Å². The van der Waals surface area contributed by atoms with E-state index in [1.807, 2.05) is 55.3 Å². The SMILES string of the molecule is [2H]C([2H])([2H])N(C)CCN(C)c1cc(OC)c(Cc2nccc(-n3c(=O)n(CC)c4ccccc43)n2)cc1N. The lowest BCUT2D eigenvalue weighted by atomic mass is 10.1. The molecule has 0 aliphatic heterocycles. The molecule has 0 bridgehead atoms. The number of benzene rings is 2. The third kappa shape index (κ3) is 4.85. The molecule has 9 heteroatoms. The summed E-state index contributed by atoms with van der Waals surface area (Å²) in [5.41, 5.74) is 9.93. The lowest BCUT2D eigenvalue weighted by Crippen LogP contribution is -2.29. The molecule has 0 fully saturated rings. The van der Waals surface area contributed by atoms with Gasteiger partial charge < -0.3 is 20.3 Å². The quantitative estimate of drug-likeness (QED) is 0.370. The van der Waals surface area contributed by atoms with Crippen LogP contribution in [-0.2, 0) is 13.0 Å². The fourth-order valence-corrected chi connectivity index (χ4v) is 4.22. The number of ether oxygens (including phenoxy) is 1. The Kier molecular flexibility index (Phi) is 5.97. The van der Waals surface area contributed by atoms with Crippen molar-refractivity contribution in [3.8, 4) is 11.6 Å². The van der Waals surface area contributed by atoms with Gasteiger partial charge in [-0.1, -0.05) is 12.1 Å². The second-order valence-electron chi connectivity index (χ2n) is 8.42. The predicted octanol–water partition coefficient (Wildman–Crippen LogP) is 2.78. The molecular formula is C26H33N7O2. The molecule has 2 heterocycles. The first-order valence-corrected chi connectivity index (χ1v) is 11.5. The third-order valence-electron chi connectivity index (χ3n) is 6.03. The summed E-state index contributed by atoms with van der Waals surface area (Å²) in [6, 6.07) is 13.0. The largest absolute Gasteiger partial charge is 0.496 e. The van der Waals surface area contributed by atoms with E-state index in [-0.39, 0.29) is 5.69 Å². The zero-order chi connectivity index (χ0) is 27.6. The minimum atomic E-state index is -2.15. The Morgan fingerprint density at radius 2 is 1.91 bits per heavy atom. The maximum atomic E-state index is 13.2. The highest BCUT2D eigenvalue weighted by Crippen LogP contribution is 2.32. The lowest BCUT2D eigenvalue weighted by molar-refractivity contribution is 0.409. The van der Waals surface area contributed by atoms with E-state index in [1.54, 1.807) is 35.6 Å². The summed E-state index contributed by atoms with van der Waals surface area (Å²) < 4.78 is 31.5. The first-order valence-electron chi connectivity index (χ1n) is 13.0. The lowest BCUT2D eigenvalue weighted by Gasteiger charge is -2.24. The number of nitrogens with two attached hydrogens (primary N) is 1. The van der Waals surface area contributed by atoms with Gasteiger partial charge in [-0.25, -0.2) is 19.3 Å². The van der Waals surface area contributed by atoms with Crippen LogP contribution in [0.4, 0.5) is 11.4 Å². The molecule has 2 aromatic heterocycles. The molecule has 184 valence electrons. The van der Waals surface area contributed by atoms with E-state index in [2.05, 4.69) is 4.98 Å². The van der Waals surface area contributed by atoms with Crippen LogP contribution in [0.1, 0.15) is 22.4 Å². The van der Waals surface area contributed by atoms with Gasteiger partial charge >= 0.3 is 5.69 Å². The highest BCUT2D eigenvalue weighted by atomic mass is 16.5. The van der Waals surface area contributed by atoms with Gasteiger partial charge in [-0.3, -0.25) is 4.57 Å². The van der Waals surface area contributed by atoms with Gasteiger partial charge in [0.1, 0.15) is 17.4 Å². The Labute approximate surface area is 209 Å². The Hall–Kier alpha value is -3.85. The number of hydrogen-bond donors (Lipinski definition) is 1. The highest BCUT2D eigenvalue weighted by Gasteiger charge is 2.17. The molecule has 0 amide bonds. The van der Waals surface area contributed by atoms with Crippen molar-refractivity contribution in [2.24, 2.45) is 0 Å². The van der Waals surface area contributed by atoms with Crippen molar-refractivity contribution in [3.63, 3.8) is 0 Å². The molecule has 2 N–H and O–H groups in total. The molecule has 0 aliphatic carbocycles. The molecule has 0 aliphatic rings. The van der Waals surface area contributed by atoms with Crippen molar-refractivity contribution in [3.05, 3.63) is 70.5 Å². The molecule has 0 unspecified atom stereocenters. The van der Waals surface area contributed by atoms with Crippen LogP contribution in [0.15, 0.2) is 53.5 Å². The average molecular weight is 479 g/mol. The van der Waals surface area contributed by atoms with Crippen LogP contribution in [0.5, 0.6) is 5.75 Å². The fourth-order valence-electron chi connectivity index (χ4n) is 4.22. The molecular weight excluding hydrogens is 442 g/mol. The molecule has 4 aromatic rings. The number of hydrogen-bond acceptors (Lipinski definition) is 7. The summed E-state index contributed by atoms with van der Waals surface area (Å²) in [5.74, 6) is 1.62. The van der Waals surface area contributed by atoms with E-state index in [4.69, 9.17) is 19.6 Å². The van der Waals surface area contributed by atoms with Gasteiger partial charge in [0.05, 0.1) is 29.5 Å². The summed E-state index contributed by atoms with van der Waals surface area (Å²) in [6.45, 7) is 1.14. The Morgan fingerprint density at radius 1 is 1.14 bits per heavy atom. The number of aryl methyl sites for hydroxylation is 1. The van der Waals surface area contributed by atoms with Gasteiger partial charge in [-0.05, 0) is 45.2 Å². The summed E-state index contributed by atoms with van der Waals surface area (Å²) in [7, 11) is 5.00. The van der Waals surface area contributed by atoms with Gasteiger partial charge in [-0.15, -0.1) is 0 Å². The number of nitrogen functional groups attached to an aromatic ring is 1. The van der Waals surface area contributed by atoms with Gasteiger partial charge in [0.25, 0.3) is 0 Å². The molecule has 0 radical (unpaired) electrons. The minimum absolute atomic E-state index is 0.156. The van der Waals surface area contributed by atoms with E-state index < -0.39 is 6.98 Å². The van der Waals surface area contributed by atoms with Crippen LogP contribution < -0.4 is 21.1 Å². The Morgan fingerprint density at radius 3 is 2.63 bits per heavy atom. The van der Waals surface area contributed by atoms with Crippen LogP contribution in [0.2, 0.25) is 0 Å². The summed E-state index contributed by atoms with van der Waals surface area (Å²) >= 11 is 0. The molecule has 2 aromatic carbocycles. The van der Waals surface area contributed by atoms with Gasteiger partial charge in [0.2, 0.25) is 0 Å². The molecule has 35 heavy (non-hydrogen) atoms. The van der Waals surface area contributed by atoms with E-state index in [0.29, 0.717) is 49.1 Å². The first-order chi connectivity index (χ1) is 18.0. The standard InChI is InChI=1S/C26H33N7O2/c1-6-32-20-9-7-8-10-21(20)33(26(32)34)25-11-12-28-24(29-25)16-18-15-19(27)22(17-23(18)35-5)31(4)14-13-30(2)3/h7-12,15,17H,6,13-14,16,27H2,1-5H3/i2D3. The van der Waals surface area contributed by atoms with E-state index in [9.17, 15) is 4.79 Å². The smallest absolute Gasteiger partial charge is 0.334 e. The first kappa shape index (κ1) is 20.5. The summed E-state index contributed by atoms with van der Waals surface area (Å²) in [4.78, 5) is 25.5. The zero-order valence-corrected chi connectivity index (χ0v) is 20.5. The molecule has 9 nitrogen and oxygen atoms in total. The van der Waals surface area contributed by atoms with Crippen LogP contribution in [0.3, 0.4) is 0 Å². The molecule has 0 saturated carbocycles. The van der Waals surface area contributed by atoms with E-state index >= 15 is 0 Å². The zero-order valence-electron chi connectivity index (χ0n) is 23.5. The number of likely N-dealkylation sites (N-methyl/N-ethyl adjacent to an activating group) is 2. The minimum Gasteiger partial charge on any atom is -0.496 e. The second-order valence-corrected chi connectivity index (χ2v) is 8.42. The van der Waals surface area contributed by atoms with Crippen LogP contribution in [0.25, 0.3) is 16.9 Å². The molecule has 0 spiro atoms. The second kappa shape index (κ2) is 10.2. The molecule has 0 saturated heterocycles. The van der Waals surface area contributed by atoms with Crippen LogP contribution in [0, 0.1) is 0 Å².